The predicted octanol–water partition coefficient (Wildman–Crippen LogP) is 3.63. The van der Waals surface area contributed by atoms with Crippen molar-refractivity contribution >= 4 is 23.2 Å². The van der Waals surface area contributed by atoms with E-state index in [-0.39, 0.29) is 12.0 Å². The Hall–Kier alpha value is -2.99. The van der Waals surface area contributed by atoms with Crippen molar-refractivity contribution in [3.8, 4) is 11.5 Å². The first-order valence-electron chi connectivity index (χ1n) is 8.16. The predicted molar refractivity (Wildman–Crippen MR) is 98.0 cm³/mol. The number of carbonyl (C=O) groups excluding carboxylic acids is 1. The van der Waals surface area contributed by atoms with Gasteiger partial charge in [0.15, 0.2) is 17.6 Å². The Labute approximate surface area is 155 Å². The highest BCUT2D eigenvalue weighted by Gasteiger charge is 2.21. The summed E-state index contributed by atoms with van der Waals surface area (Å²) in [4.78, 5) is 12.3. The van der Waals surface area contributed by atoms with Gasteiger partial charge in [-0.3, -0.25) is 9.48 Å². The summed E-state index contributed by atoms with van der Waals surface area (Å²) in [6, 6.07) is 14.5. The third-order valence-corrected chi connectivity index (χ3v) is 4.30. The zero-order valence-corrected chi connectivity index (χ0v) is 14.5. The second kappa shape index (κ2) is 7.09. The number of benzene rings is 2. The minimum absolute atomic E-state index is 0.156. The van der Waals surface area contributed by atoms with Crippen LogP contribution in [0.25, 0.3) is 0 Å². The van der Waals surface area contributed by atoms with Gasteiger partial charge >= 0.3 is 0 Å². The van der Waals surface area contributed by atoms with Gasteiger partial charge in [0.1, 0.15) is 6.61 Å². The van der Waals surface area contributed by atoms with Crippen LogP contribution in [0.2, 0.25) is 5.02 Å². The van der Waals surface area contributed by atoms with Crippen molar-refractivity contribution in [2.24, 2.45) is 0 Å². The van der Waals surface area contributed by atoms with E-state index in [1.54, 1.807) is 41.3 Å². The van der Waals surface area contributed by atoms with Gasteiger partial charge in [0, 0.05) is 6.20 Å². The minimum Gasteiger partial charge on any atom is -0.486 e. The molecule has 0 unspecified atom stereocenters. The molecule has 2 aromatic carbocycles. The maximum absolute atomic E-state index is 12.3. The number of hydrogen-bond acceptors (Lipinski definition) is 4. The lowest BCUT2D eigenvalue weighted by atomic mass is 10.2. The minimum atomic E-state index is -0.277. The zero-order valence-electron chi connectivity index (χ0n) is 13.8. The molecule has 132 valence electrons. The fraction of sp³-hybridized carbons (Fsp3) is 0.158. The summed E-state index contributed by atoms with van der Waals surface area (Å²) in [6.07, 6.45) is 3.18. The van der Waals surface area contributed by atoms with E-state index in [0.717, 1.165) is 11.5 Å². The second-order valence-corrected chi connectivity index (χ2v) is 6.29. The molecule has 1 aliphatic heterocycles. The molecule has 1 amide bonds. The van der Waals surface area contributed by atoms with Crippen LogP contribution in [0, 0.1) is 0 Å². The smallest absolute Gasteiger partial charge is 0.257 e. The van der Waals surface area contributed by atoms with Crippen LogP contribution >= 0.6 is 11.6 Å². The molecule has 26 heavy (non-hydrogen) atoms. The largest absolute Gasteiger partial charge is 0.486 e. The Morgan fingerprint density at radius 2 is 1.96 bits per heavy atom. The maximum atomic E-state index is 12.3. The molecule has 0 radical (unpaired) electrons. The van der Waals surface area contributed by atoms with Gasteiger partial charge in [-0.25, -0.2) is 0 Å². The van der Waals surface area contributed by atoms with Gasteiger partial charge in [-0.15, -0.1) is 0 Å². The highest BCUT2D eigenvalue weighted by atomic mass is 35.5. The molecule has 0 saturated heterocycles. The average Bonchev–Trinajstić information content (AvgIpc) is 3.08. The van der Waals surface area contributed by atoms with Crippen molar-refractivity contribution in [3.05, 3.63) is 71.5 Å². The standard InChI is InChI=1S/C19H16ClN3O3/c20-16-6-2-1-5-15(16)19(24)22-13-9-21-23(10-13)11-14-12-25-17-7-3-4-8-18(17)26-14/h1-10,14H,11-12H2,(H,22,24)/t14-/m1/s1. The maximum Gasteiger partial charge on any atom is 0.257 e. The molecule has 0 saturated carbocycles. The molecule has 6 nitrogen and oxygen atoms in total. The lowest BCUT2D eigenvalue weighted by molar-refractivity contribution is 0.0759. The van der Waals surface area contributed by atoms with Gasteiger partial charge < -0.3 is 14.8 Å². The number of rotatable bonds is 4. The molecule has 0 spiro atoms. The average molecular weight is 370 g/mol. The first kappa shape index (κ1) is 16.5. The number of halogens is 1. The quantitative estimate of drug-likeness (QED) is 0.762. The number of anilines is 1. The van der Waals surface area contributed by atoms with E-state index in [1.807, 2.05) is 24.3 Å². The van der Waals surface area contributed by atoms with Gasteiger partial charge in [0.05, 0.1) is 29.0 Å². The molecule has 1 aliphatic rings. The highest BCUT2D eigenvalue weighted by Crippen LogP contribution is 2.31. The monoisotopic (exact) mass is 369 g/mol. The van der Waals surface area contributed by atoms with Gasteiger partial charge in [-0.1, -0.05) is 35.9 Å². The Morgan fingerprint density at radius 1 is 1.19 bits per heavy atom. The summed E-state index contributed by atoms with van der Waals surface area (Å²) in [5, 5.41) is 7.47. The van der Waals surface area contributed by atoms with Crippen molar-refractivity contribution in [1.82, 2.24) is 9.78 Å². The number of nitrogens with one attached hydrogen (secondary N) is 1. The molecule has 4 rings (SSSR count). The molecule has 1 N–H and O–H groups in total. The Morgan fingerprint density at radius 3 is 2.81 bits per heavy atom. The number of amides is 1. The van der Waals surface area contributed by atoms with Crippen LogP contribution in [-0.4, -0.2) is 28.4 Å². The molecule has 0 bridgehead atoms. The fourth-order valence-corrected chi connectivity index (χ4v) is 2.95. The van der Waals surface area contributed by atoms with Crippen LogP contribution < -0.4 is 14.8 Å². The fourth-order valence-electron chi connectivity index (χ4n) is 2.73. The molecule has 0 fully saturated rings. The Bertz CT molecular complexity index is 941. The van der Waals surface area contributed by atoms with Crippen molar-refractivity contribution in [3.63, 3.8) is 0 Å². The first-order chi connectivity index (χ1) is 12.7. The molecule has 1 atom stereocenters. The molecule has 7 heteroatoms. The summed E-state index contributed by atoms with van der Waals surface area (Å²) in [7, 11) is 0. The summed E-state index contributed by atoms with van der Waals surface area (Å²) in [5.74, 6) is 1.20. The summed E-state index contributed by atoms with van der Waals surface area (Å²) in [5.41, 5.74) is 1.01. The topological polar surface area (TPSA) is 65.4 Å². The third-order valence-electron chi connectivity index (χ3n) is 3.97. The number of ether oxygens (including phenoxy) is 2. The summed E-state index contributed by atoms with van der Waals surface area (Å²) < 4.78 is 13.3. The van der Waals surface area contributed by atoms with Crippen molar-refractivity contribution < 1.29 is 14.3 Å². The number of fused-ring (bicyclic) bond motifs is 1. The molecule has 3 aromatic rings. The number of nitrogens with zero attached hydrogens (tertiary/aromatic N) is 2. The van der Waals surface area contributed by atoms with Crippen LogP contribution in [-0.2, 0) is 6.54 Å². The first-order valence-corrected chi connectivity index (χ1v) is 8.53. The van der Waals surface area contributed by atoms with Crippen LogP contribution in [0.15, 0.2) is 60.9 Å². The van der Waals surface area contributed by atoms with Crippen molar-refractivity contribution in [1.29, 1.82) is 0 Å². The van der Waals surface area contributed by atoms with E-state index in [2.05, 4.69) is 10.4 Å². The van der Waals surface area contributed by atoms with Crippen molar-refractivity contribution in [2.75, 3.05) is 11.9 Å². The summed E-state index contributed by atoms with van der Waals surface area (Å²) >= 11 is 6.05. The Balaban J connectivity index is 1.40. The van der Waals surface area contributed by atoms with E-state index >= 15 is 0 Å². The molecule has 1 aromatic heterocycles. The molecular weight excluding hydrogens is 354 g/mol. The van der Waals surface area contributed by atoms with Crippen LogP contribution in [0.4, 0.5) is 5.69 Å². The van der Waals surface area contributed by atoms with Crippen molar-refractivity contribution in [2.45, 2.75) is 12.6 Å². The van der Waals surface area contributed by atoms with Gasteiger partial charge in [0.25, 0.3) is 5.91 Å². The van der Waals surface area contributed by atoms with E-state index in [1.165, 1.54) is 0 Å². The SMILES string of the molecule is O=C(Nc1cnn(C[C@@H]2COc3ccccc3O2)c1)c1ccccc1Cl. The Kier molecular flexibility index (Phi) is 4.50. The highest BCUT2D eigenvalue weighted by molar-refractivity contribution is 6.34. The number of para-hydroxylation sites is 2. The lowest BCUT2D eigenvalue weighted by Crippen LogP contribution is -2.33. The normalized spacial score (nSPS) is 15.5. The number of aromatic nitrogens is 2. The van der Waals surface area contributed by atoms with Crippen LogP contribution in [0.3, 0.4) is 0 Å². The van der Waals surface area contributed by atoms with Gasteiger partial charge in [0.2, 0.25) is 0 Å². The van der Waals surface area contributed by atoms with Crippen LogP contribution in [0.1, 0.15) is 10.4 Å². The summed E-state index contributed by atoms with van der Waals surface area (Å²) in [6.45, 7) is 0.953. The number of carbonyl (C=O) groups is 1. The van der Waals surface area contributed by atoms with Gasteiger partial charge in [-0.2, -0.15) is 5.10 Å². The lowest BCUT2D eigenvalue weighted by Gasteiger charge is -2.26. The van der Waals surface area contributed by atoms with E-state index in [9.17, 15) is 4.79 Å². The number of hydrogen-bond donors (Lipinski definition) is 1. The molecule has 2 heterocycles. The van der Waals surface area contributed by atoms with E-state index in [4.69, 9.17) is 21.1 Å². The van der Waals surface area contributed by atoms with Crippen LogP contribution in [0.5, 0.6) is 11.5 Å². The van der Waals surface area contributed by atoms with E-state index in [0.29, 0.717) is 29.4 Å². The second-order valence-electron chi connectivity index (χ2n) is 5.88. The molecule has 0 aliphatic carbocycles. The third kappa shape index (κ3) is 3.50. The zero-order chi connectivity index (χ0) is 17.9. The van der Waals surface area contributed by atoms with E-state index < -0.39 is 0 Å². The molecular formula is C19H16ClN3O3. The van der Waals surface area contributed by atoms with Gasteiger partial charge in [-0.05, 0) is 24.3 Å².